The lowest BCUT2D eigenvalue weighted by molar-refractivity contribution is 1.17. The molecule has 3 aromatic rings. The number of nitrogens with zero attached hydrogens (tertiary/aromatic N) is 2. The van der Waals surface area contributed by atoms with Crippen molar-refractivity contribution < 1.29 is 0 Å². The van der Waals surface area contributed by atoms with Crippen molar-refractivity contribution in [3.05, 3.63) is 47.5 Å². The molecule has 18 heavy (non-hydrogen) atoms. The molecule has 0 spiro atoms. The minimum atomic E-state index is 0.941. The van der Waals surface area contributed by atoms with Gasteiger partial charge in [-0.3, -0.25) is 4.98 Å². The van der Waals surface area contributed by atoms with E-state index < -0.39 is 0 Å². The number of rotatable bonds is 1. The molecule has 0 saturated carbocycles. The number of pyridine rings is 1. The smallest absolute Gasteiger partial charge is 0.104 e. The molecule has 0 fully saturated rings. The molecule has 0 saturated heterocycles. The van der Waals surface area contributed by atoms with Crippen LogP contribution in [0.5, 0.6) is 0 Å². The molecule has 1 N–H and O–H groups in total. The van der Waals surface area contributed by atoms with E-state index in [-0.39, 0.29) is 0 Å². The van der Waals surface area contributed by atoms with Crippen molar-refractivity contribution in [3.63, 3.8) is 0 Å². The molecule has 2 heterocycles. The highest BCUT2D eigenvalue weighted by Gasteiger charge is 2.12. The molecule has 3 heteroatoms. The Labute approximate surface area is 106 Å². The van der Waals surface area contributed by atoms with E-state index in [1.807, 2.05) is 26.1 Å². The van der Waals surface area contributed by atoms with E-state index >= 15 is 0 Å². The van der Waals surface area contributed by atoms with Gasteiger partial charge in [0.05, 0.1) is 11.0 Å². The van der Waals surface area contributed by atoms with E-state index in [2.05, 4.69) is 40.1 Å². The molecule has 3 rings (SSSR count). The molecular formula is C15H15N3. The first-order valence-corrected chi connectivity index (χ1v) is 6.05. The fraction of sp³-hybridized carbons (Fsp3) is 0.200. The number of hydrogen-bond acceptors (Lipinski definition) is 2. The summed E-state index contributed by atoms with van der Waals surface area (Å²) in [6.07, 6.45) is 1.85. The largest absolute Gasteiger partial charge is 0.342 e. The molecule has 0 aliphatic rings. The van der Waals surface area contributed by atoms with Crippen molar-refractivity contribution >= 4 is 11.0 Å². The standard InChI is InChI=1S/C15H15N3/c1-9-7-8-16-10(2)14(9)12-5-4-6-13-15(12)18-11(3)17-13/h4-8H,1-3H3,(H,17,18). The first-order valence-electron chi connectivity index (χ1n) is 6.05. The lowest BCUT2D eigenvalue weighted by atomic mass is 9.98. The SMILES string of the molecule is Cc1nc2c(-c3c(C)ccnc3C)cccc2[nH]1. The molecule has 3 nitrogen and oxygen atoms in total. The van der Waals surface area contributed by atoms with Crippen LogP contribution in [0, 0.1) is 20.8 Å². The molecule has 0 radical (unpaired) electrons. The van der Waals surface area contributed by atoms with Gasteiger partial charge in [-0.1, -0.05) is 12.1 Å². The highest BCUT2D eigenvalue weighted by molar-refractivity contribution is 5.93. The van der Waals surface area contributed by atoms with Gasteiger partial charge in [-0.25, -0.2) is 4.98 Å². The zero-order valence-electron chi connectivity index (χ0n) is 10.8. The van der Waals surface area contributed by atoms with Crippen molar-refractivity contribution in [2.45, 2.75) is 20.8 Å². The number of fused-ring (bicyclic) bond motifs is 1. The van der Waals surface area contributed by atoms with Gasteiger partial charge in [0, 0.05) is 23.0 Å². The number of aromatic nitrogens is 3. The number of hydrogen-bond donors (Lipinski definition) is 1. The lowest BCUT2D eigenvalue weighted by Gasteiger charge is -2.09. The molecule has 0 amide bonds. The minimum Gasteiger partial charge on any atom is -0.342 e. The summed E-state index contributed by atoms with van der Waals surface area (Å²) in [6.45, 7) is 6.13. The Morgan fingerprint density at radius 2 is 1.89 bits per heavy atom. The van der Waals surface area contributed by atoms with Gasteiger partial charge in [0.1, 0.15) is 5.82 Å². The minimum absolute atomic E-state index is 0.941. The van der Waals surface area contributed by atoms with Gasteiger partial charge in [0.2, 0.25) is 0 Å². The molecule has 0 unspecified atom stereocenters. The van der Waals surface area contributed by atoms with Gasteiger partial charge in [-0.2, -0.15) is 0 Å². The van der Waals surface area contributed by atoms with Crippen molar-refractivity contribution in [2.24, 2.45) is 0 Å². The van der Waals surface area contributed by atoms with Crippen LogP contribution in [0.2, 0.25) is 0 Å². The van der Waals surface area contributed by atoms with Crippen LogP contribution >= 0.6 is 0 Å². The van der Waals surface area contributed by atoms with E-state index in [0.717, 1.165) is 28.1 Å². The van der Waals surface area contributed by atoms with Crippen LogP contribution < -0.4 is 0 Å². The Hall–Kier alpha value is -2.16. The number of benzene rings is 1. The van der Waals surface area contributed by atoms with Gasteiger partial charge >= 0.3 is 0 Å². The van der Waals surface area contributed by atoms with Gasteiger partial charge in [-0.05, 0) is 38.5 Å². The second kappa shape index (κ2) is 3.95. The first kappa shape index (κ1) is 11.0. The normalized spacial score (nSPS) is 11.1. The zero-order chi connectivity index (χ0) is 12.7. The van der Waals surface area contributed by atoms with Crippen LogP contribution in [-0.2, 0) is 0 Å². The Morgan fingerprint density at radius 1 is 1.06 bits per heavy atom. The third-order valence-electron chi connectivity index (χ3n) is 3.25. The van der Waals surface area contributed by atoms with E-state index in [1.54, 1.807) is 0 Å². The van der Waals surface area contributed by atoms with Crippen LogP contribution in [0.3, 0.4) is 0 Å². The molecule has 0 atom stereocenters. The van der Waals surface area contributed by atoms with Crippen molar-refractivity contribution in [2.75, 3.05) is 0 Å². The molecule has 0 aliphatic carbocycles. The van der Waals surface area contributed by atoms with Crippen LogP contribution in [0.4, 0.5) is 0 Å². The summed E-state index contributed by atoms with van der Waals surface area (Å²) in [7, 11) is 0. The Bertz CT molecular complexity index is 705. The molecular weight excluding hydrogens is 222 g/mol. The van der Waals surface area contributed by atoms with Crippen LogP contribution in [0.1, 0.15) is 17.1 Å². The van der Waals surface area contributed by atoms with Crippen LogP contribution in [0.25, 0.3) is 22.2 Å². The Balaban J connectivity index is 2.38. The summed E-state index contributed by atoms with van der Waals surface area (Å²) in [5.74, 6) is 0.941. The van der Waals surface area contributed by atoms with Gasteiger partial charge in [0.15, 0.2) is 0 Å². The monoisotopic (exact) mass is 237 g/mol. The highest BCUT2D eigenvalue weighted by Crippen LogP contribution is 2.31. The zero-order valence-corrected chi connectivity index (χ0v) is 10.8. The van der Waals surface area contributed by atoms with E-state index in [1.165, 1.54) is 11.1 Å². The van der Waals surface area contributed by atoms with Crippen LogP contribution in [-0.4, -0.2) is 15.0 Å². The Morgan fingerprint density at radius 3 is 2.67 bits per heavy atom. The second-order valence-electron chi connectivity index (χ2n) is 4.61. The van der Waals surface area contributed by atoms with Gasteiger partial charge < -0.3 is 4.98 Å². The maximum absolute atomic E-state index is 4.59. The predicted molar refractivity (Wildman–Crippen MR) is 73.5 cm³/mol. The van der Waals surface area contributed by atoms with Gasteiger partial charge in [-0.15, -0.1) is 0 Å². The van der Waals surface area contributed by atoms with E-state index in [4.69, 9.17) is 0 Å². The number of nitrogens with one attached hydrogen (secondary N) is 1. The quantitative estimate of drug-likeness (QED) is 0.703. The number of H-pyrrole nitrogens is 1. The molecule has 90 valence electrons. The first-order chi connectivity index (χ1) is 8.66. The summed E-state index contributed by atoms with van der Waals surface area (Å²) in [5.41, 5.74) is 6.72. The number of aryl methyl sites for hydroxylation is 3. The van der Waals surface area contributed by atoms with Crippen molar-refractivity contribution in [1.82, 2.24) is 15.0 Å². The summed E-state index contributed by atoms with van der Waals surface area (Å²) >= 11 is 0. The fourth-order valence-corrected chi connectivity index (χ4v) is 2.46. The van der Waals surface area contributed by atoms with Crippen molar-refractivity contribution in [1.29, 1.82) is 0 Å². The molecule has 1 aromatic carbocycles. The molecule has 0 bridgehead atoms. The highest BCUT2D eigenvalue weighted by atomic mass is 14.9. The summed E-state index contributed by atoms with van der Waals surface area (Å²) in [4.78, 5) is 12.3. The van der Waals surface area contributed by atoms with E-state index in [0.29, 0.717) is 0 Å². The molecule has 0 aliphatic heterocycles. The van der Waals surface area contributed by atoms with Crippen molar-refractivity contribution in [3.8, 4) is 11.1 Å². The maximum atomic E-state index is 4.59. The molecule has 2 aromatic heterocycles. The topological polar surface area (TPSA) is 41.6 Å². The fourth-order valence-electron chi connectivity index (χ4n) is 2.46. The predicted octanol–water partition coefficient (Wildman–Crippen LogP) is 3.55. The second-order valence-corrected chi connectivity index (χ2v) is 4.61. The average Bonchev–Trinajstić information content (AvgIpc) is 2.70. The average molecular weight is 237 g/mol. The number of aromatic amines is 1. The third kappa shape index (κ3) is 1.59. The van der Waals surface area contributed by atoms with E-state index in [9.17, 15) is 0 Å². The Kier molecular flexibility index (Phi) is 2.40. The summed E-state index contributed by atoms with van der Waals surface area (Å²) in [6, 6.07) is 8.27. The number of para-hydroxylation sites is 1. The number of imidazole rings is 1. The summed E-state index contributed by atoms with van der Waals surface area (Å²) in [5, 5.41) is 0. The third-order valence-corrected chi connectivity index (χ3v) is 3.25. The van der Waals surface area contributed by atoms with Gasteiger partial charge in [0.25, 0.3) is 0 Å². The summed E-state index contributed by atoms with van der Waals surface area (Å²) < 4.78 is 0. The lowest BCUT2D eigenvalue weighted by Crippen LogP contribution is -1.92. The van der Waals surface area contributed by atoms with Crippen LogP contribution in [0.15, 0.2) is 30.5 Å². The maximum Gasteiger partial charge on any atom is 0.104 e.